The van der Waals surface area contributed by atoms with Gasteiger partial charge < -0.3 is 15.6 Å². The maximum atomic E-state index is 11.1. The van der Waals surface area contributed by atoms with Gasteiger partial charge in [-0.25, -0.2) is 0 Å². The van der Waals surface area contributed by atoms with Crippen LogP contribution < -0.4 is 5.73 Å². The molecule has 1 rings (SSSR count). The van der Waals surface area contributed by atoms with E-state index in [2.05, 4.69) is 4.74 Å². The van der Waals surface area contributed by atoms with Gasteiger partial charge in [0.05, 0.1) is 20.7 Å². The van der Waals surface area contributed by atoms with Crippen LogP contribution in [-0.2, 0) is 9.53 Å². The first-order valence-corrected chi connectivity index (χ1v) is 6.61. The number of carbonyl (C=O) groups is 1. The van der Waals surface area contributed by atoms with Gasteiger partial charge in [-0.15, -0.1) is 0 Å². The van der Waals surface area contributed by atoms with Gasteiger partial charge >= 0.3 is 5.97 Å². The van der Waals surface area contributed by atoms with E-state index in [0.717, 1.165) is 12.7 Å². The second-order valence-corrected chi connectivity index (χ2v) is 5.54. The first kappa shape index (κ1) is 14.0. The lowest BCUT2D eigenvalue weighted by molar-refractivity contribution is -0.141. The molecule has 4 nitrogen and oxygen atoms in total. The van der Waals surface area contributed by atoms with Crippen LogP contribution in [0.1, 0.15) is 18.0 Å². The van der Waals surface area contributed by atoms with E-state index in [9.17, 15) is 9.90 Å². The zero-order valence-electron chi connectivity index (χ0n) is 8.54. The van der Waals surface area contributed by atoms with Crippen LogP contribution >= 0.6 is 45.2 Å². The van der Waals surface area contributed by atoms with Gasteiger partial charge in [-0.05, 0) is 62.9 Å². The van der Waals surface area contributed by atoms with Crippen molar-refractivity contribution in [2.45, 2.75) is 12.5 Å². The third kappa shape index (κ3) is 3.45. The number of hydrogen-bond acceptors (Lipinski definition) is 4. The summed E-state index contributed by atoms with van der Waals surface area (Å²) >= 11 is 4.05. The molecule has 3 N–H and O–H groups in total. The van der Waals surface area contributed by atoms with Gasteiger partial charge in [0.1, 0.15) is 5.75 Å². The number of aromatic hydroxyl groups is 1. The fourth-order valence-corrected chi connectivity index (χ4v) is 3.00. The van der Waals surface area contributed by atoms with Crippen LogP contribution in [0.3, 0.4) is 0 Å². The van der Waals surface area contributed by atoms with Crippen LogP contribution in [0.5, 0.6) is 5.75 Å². The van der Waals surface area contributed by atoms with Crippen molar-refractivity contribution < 1.29 is 14.6 Å². The van der Waals surface area contributed by atoms with Crippen molar-refractivity contribution in [3.05, 3.63) is 24.8 Å². The Morgan fingerprint density at radius 2 is 2.00 bits per heavy atom. The summed E-state index contributed by atoms with van der Waals surface area (Å²) in [6.45, 7) is 0. The monoisotopic (exact) mass is 447 g/mol. The highest BCUT2D eigenvalue weighted by Gasteiger charge is 2.15. The third-order valence-electron chi connectivity index (χ3n) is 2.08. The van der Waals surface area contributed by atoms with E-state index in [4.69, 9.17) is 5.73 Å². The van der Waals surface area contributed by atoms with Crippen LogP contribution in [0.25, 0.3) is 0 Å². The van der Waals surface area contributed by atoms with E-state index in [0.29, 0.717) is 0 Å². The summed E-state index contributed by atoms with van der Waals surface area (Å²) in [5.41, 5.74) is 6.69. The predicted octanol–water partition coefficient (Wildman–Crippen LogP) is 2.16. The van der Waals surface area contributed by atoms with E-state index in [1.807, 2.05) is 45.2 Å². The Labute approximate surface area is 121 Å². The van der Waals surface area contributed by atoms with Gasteiger partial charge in [0.25, 0.3) is 0 Å². The summed E-state index contributed by atoms with van der Waals surface area (Å²) < 4.78 is 6.00. The number of methoxy groups -OCH3 is 1. The topological polar surface area (TPSA) is 72.5 Å². The standard InChI is InChI=1S/C10H11I2NO3/c1-16-9(14)4-8(13)5-2-6(11)10(15)7(12)3-5/h2-3,8,15H,4,13H2,1H3/t8-/m1/s1. The fraction of sp³-hybridized carbons (Fsp3) is 0.300. The van der Waals surface area contributed by atoms with Gasteiger partial charge in [-0.2, -0.15) is 0 Å². The molecule has 1 aromatic carbocycles. The SMILES string of the molecule is COC(=O)C[C@@H](N)c1cc(I)c(O)c(I)c1. The number of nitrogens with two attached hydrogens (primary N) is 1. The number of phenols is 1. The average molecular weight is 447 g/mol. The third-order valence-corrected chi connectivity index (χ3v) is 3.73. The normalized spacial score (nSPS) is 12.2. The smallest absolute Gasteiger partial charge is 0.307 e. The summed E-state index contributed by atoms with van der Waals surface area (Å²) in [5.74, 6) is -0.0965. The molecule has 0 radical (unpaired) electrons. The number of hydrogen-bond donors (Lipinski definition) is 2. The second-order valence-electron chi connectivity index (χ2n) is 3.22. The highest BCUT2D eigenvalue weighted by atomic mass is 127. The maximum absolute atomic E-state index is 11.1. The predicted molar refractivity (Wildman–Crippen MR) is 77.1 cm³/mol. The van der Waals surface area contributed by atoms with Crippen LogP contribution in [0.15, 0.2) is 12.1 Å². The minimum atomic E-state index is -0.407. The number of halogens is 2. The summed E-state index contributed by atoms with van der Waals surface area (Å²) in [4.78, 5) is 11.1. The molecule has 1 atom stereocenters. The Morgan fingerprint density at radius 1 is 1.50 bits per heavy atom. The molecule has 6 heteroatoms. The summed E-state index contributed by atoms with van der Waals surface area (Å²) in [5, 5.41) is 9.59. The molecule has 0 aliphatic rings. The number of benzene rings is 1. The van der Waals surface area contributed by atoms with Crippen molar-refractivity contribution in [2.75, 3.05) is 7.11 Å². The Kier molecular flexibility index (Phi) is 5.25. The molecular weight excluding hydrogens is 436 g/mol. The zero-order valence-corrected chi connectivity index (χ0v) is 12.9. The Bertz CT molecular complexity index is 386. The second kappa shape index (κ2) is 6.01. The first-order chi connectivity index (χ1) is 7.45. The molecule has 88 valence electrons. The Hall–Kier alpha value is -0.0900. The number of esters is 1. The molecule has 0 aliphatic carbocycles. The van der Waals surface area contributed by atoms with E-state index < -0.39 is 6.04 Å². The van der Waals surface area contributed by atoms with Crippen molar-refractivity contribution in [3.63, 3.8) is 0 Å². The lowest BCUT2D eigenvalue weighted by atomic mass is 10.0. The first-order valence-electron chi connectivity index (χ1n) is 4.46. The van der Waals surface area contributed by atoms with E-state index in [-0.39, 0.29) is 18.1 Å². The van der Waals surface area contributed by atoms with Crippen molar-refractivity contribution in [1.29, 1.82) is 0 Å². The van der Waals surface area contributed by atoms with Gasteiger partial charge in [0, 0.05) is 6.04 Å². The zero-order chi connectivity index (χ0) is 12.3. The Balaban J connectivity index is 2.92. The quantitative estimate of drug-likeness (QED) is 0.551. The molecular formula is C10H11I2NO3. The van der Waals surface area contributed by atoms with Crippen molar-refractivity contribution in [3.8, 4) is 5.75 Å². The van der Waals surface area contributed by atoms with Crippen molar-refractivity contribution in [1.82, 2.24) is 0 Å². The number of rotatable bonds is 3. The molecule has 0 spiro atoms. The minimum Gasteiger partial charge on any atom is -0.506 e. The Morgan fingerprint density at radius 3 is 2.44 bits per heavy atom. The summed E-state index contributed by atoms with van der Waals surface area (Å²) in [6.07, 6.45) is 0.132. The molecule has 0 aliphatic heterocycles. The van der Waals surface area contributed by atoms with E-state index in [1.165, 1.54) is 7.11 Å². The molecule has 0 amide bonds. The number of carbonyl (C=O) groups excluding carboxylic acids is 1. The molecule has 16 heavy (non-hydrogen) atoms. The average Bonchev–Trinajstić information content (AvgIpc) is 2.24. The summed E-state index contributed by atoms with van der Waals surface area (Å²) in [7, 11) is 1.33. The largest absolute Gasteiger partial charge is 0.506 e. The molecule has 0 fully saturated rings. The van der Waals surface area contributed by atoms with Crippen LogP contribution in [0.2, 0.25) is 0 Å². The van der Waals surface area contributed by atoms with Crippen LogP contribution in [0.4, 0.5) is 0 Å². The molecule has 0 saturated carbocycles. The van der Waals surface area contributed by atoms with Gasteiger partial charge in [0.2, 0.25) is 0 Å². The van der Waals surface area contributed by atoms with Crippen LogP contribution in [-0.4, -0.2) is 18.2 Å². The maximum Gasteiger partial charge on any atom is 0.307 e. The fourth-order valence-electron chi connectivity index (χ4n) is 1.18. The lowest BCUT2D eigenvalue weighted by Crippen LogP contribution is -2.16. The van der Waals surface area contributed by atoms with Crippen LogP contribution in [0, 0.1) is 7.14 Å². The number of phenolic OH excluding ortho intramolecular Hbond substituents is 1. The van der Waals surface area contributed by atoms with Crippen molar-refractivity contribution >= 4 is 51.2 Å². The summed E-state index contributed by atoms with van der Waals surface area (Å²) in [6, 6.07) is 3.13. The van der Waals surface area contributed by atoms with Gasteiger partial charge in [0.15, 0.2) is 0 Å². The molecule has 0 unspecified atom stereocenters. The molecule has 0 saturated heterocycles. The highest BCUT2D eigenvalue weighted by molar-refractivity contribution is 14.1. The number of ether oxygens (including phenoxy) is 1. The molecule has 0 heterocycles. The molecule has 1 aromatic rings. The molecule has 0 bridgehead atoms. The molecule has 0 aromatic heterocycles. The van der Waals surface area contributed by atoms with E-state index >= 15 is 0 Å². The lowest BCUT2D eigenvalue weighted by Gasteiger charge is -2.12. The highest BCUT2D eigenvalue weighted by Crippen LogP contribution is 2.29. The van der Waals surface area contributed by atoms with Gasteiger partial charge in [-0.1, -0.05) is 0 Å². The van der Waals surface area contributed by atoms with Crippen molar-refractivity contribution in [2.24, 2.45) is 5.73 Å². The van der Waals surface area contributed by atoms with Gasteiger partial charge in [-0.3, -0.25) is 4.79 Å². The minimum absolute atomic E-state index is 0.132. The van der Waals surface area contributed by atoms with E-state index in [1.54, 1.807) is 12.1 Å².